The zero-order chi connectivity index (χ0) is 16.0. The van der Waals surface area contributed by atoms with E-state index in [2.05, 4.69) is 27.7 Å². The number of carbonyl (C=O) groups is 1. The molecule has 0 radical (unpaired) electrons. The van der Waals surface area contributed by atoms with Gasteiger partial charge in [-0.05, 0) is 30.9 Å². The summed E-state index contributed by atoms with van der Waals surface area (Å²) >= 11 is 0. The lowest BCUT2D eigenvalue weighted by molar-refractivity contribution is 0.0714. The van der Waals surface area contributed by atoms with Crippen molar-refractivity contribution in [1.29, 1.82) is 0 Å². The second kappa shape index (κ2) is 7.91. The van der Waals surface area contributed by atoms with E-state index in [1.807, 2.05) is 11.8 Å². The zero-order valence-corrected chi connectivity index (χ0v) is 13.8. The first kappa shape index (κ1) is 17.3. The summed E-state index contributed by atoms with van der Waals surface area (Å²) in [5.41, 5.74) is 7.03. The summed E-state index contributed by atoms with van der Waals surface area (Å²) in [5.74, 6) is 1.53. The number of hydrogen-bond donors (Lipinski definition) is 1. The number of anilines is 1. The average molecular weight is 292 g/mol. The van der Waals surface area contributed by atoms with Crippen molar-refractivity contribution >= 4 is 11.6 Å². The van der Waals surface area contributed by atoms with Crippen LogP contribution < -0.4 is 10.5 Å². The van der Waals surface area contributed by atoms with Crippen LogP contribution in [0.15, 0.2) is 18.2 Å². The van der Waals surface area contributed by atoms with Gasteiger partial charge in [-0.15, -0.1) is 0 Å². The Labute approximate surface area is 128 Å². The molecule has 1 amide bonds. The van der Waals surface area contributed by atoms with E-state index in [1.165, 1.54) is 0 Å². The molecule has 21 heavy (non-hydrogen) atoms. The maximum Gasteiger partial charge on any atom is 0.254 e. The molecular formula is C17H28N2O2. The molecule has 4 heteroatoms. The molecule has 0 bridgehead atoms. The van der Waals surface area contributed by atoms with E-state index in [0.717, 1.165) is 13.1 Å². The topological polar surface area (TPSA) is 55.6 Å². The Kier molecular flexibility index (Phi) is 6.53. The lowest BCUT2D eigenvalue weighted by Gasteiger charge is -2.26. The van der Waals surface area contributed by atoms with Gasteiger partial charge in [0, 0.05) is 30.4 Å². The van der Waals surface area contributed by atoms with Crippen LogP contribution in [-0.2, 0) is 0 Å². The Morgan fingerprint density at radius 1 is 1.14 bits per heavy atom. The Hall–Kier alpha value is -1.71. The van der Waals surface area contributed by atoms with Crippen LogP contribution in [0.1, 0.15) is 45.0 Å². The number of benzene rings is 1. The van der Waals surface area contributed by atoms with E-state index in [0.29, 0.717) is 35.4 Å². The van der Waals surface area contributed by atoms with Crippen molar-refractivity contribution in [2.75, 3.05) is 25.4 Å². The molecule has 0 aromatic heterocycles. The number of nitrogen functional groups attached to an aromatic ring is 1. The summed E-state index contributed by atoms with van der Waals surface area (Å²) in [6, 6.07) is 5.24. The van der Waals surface area contributed by atoms with Gasteiger partial charge in [0.2, 0.25) is 0 Å². The summed E-state index contributed by atoms with van der Waals surface area (Å²) in [5, 5.41) is 0. The average Bonchev–Trinajstić information content (AvgIpc) is 2.35. The van der Waals surface area contributed by atoms with Crippen molar-refractivity contribution in [1.82, 2.24) is 4.90 Å². The SMILES string of the molecule is CCOc1cc(N)cc(C(=O)N(CC(C)C)CC(C)C)c1. The predicted molar refractivity (Wildman–Crippen MR) is 87.6 cm³/mol. The maximum atomic E-state index is 12.7. The standard InChI is InChI=1S/C17H28N2O2/c1-6-21-16-8-14(7-15(18)9-16)17(20)19(10-12(2)3)11-13(4)5/h7-9,12-13H,6,10-11,18H2,1-5H3. The molecule has 0 unspecified atom stereocenters. The molecule has 0 atom stereocenters. The smallest absolute Gasteiger partial charge is 0.254 e. The number of ether oxygens (including phenoxy) is 1. The summed E-state index contributed by atoms with van der Waals surface area (Å²) in [6.45, 7) is 12.4. The fraction of sp³-hybridized carbons (Fsp3) is 0.588. The highest BCUT2D eigenvalue weighted by atomic mass is 16.5. The first-order valence-corrected chi connectivity index (χ1v) is 7.66. The lowest BCUT2D eigenvalue weighted by atomic mass is 10.1. The minimum Gasteiger partial charge on any atom is -0.494 e. The number of carbonyl (C=O) groups excluding carboxylic acids is 1. The van der Waals surface area contributed by atoms with Crippen LogP contribution in [0, 0.1) is 11.8 Å². The van der Waals surface area contributed by atoms with Gasteiger partial charge in [0.1, 0.15) is 5.75 Å². The number of hydrogen-bond acceptors (Lipinski definition) is 3. The molecule has 0 spiro atoms. The number of nitrogens with zero attached hydrogens (tertiary/aromatic N) is 1. The minimum absolute atomic E-state index is 0.0191. The van der Waals surface area contributed by atoms with Crippen molar-refractivity contribution in [3.8, 4) is 5.75 Å². The van der Waals surface area contributed by atoms with Crippen LogP contribution in [0.4, 0.5) is 5.69 Å². The molecule has 0 aliphatic heterocycles. The van der Waals surface area contributed by atoms with Crippen LogP contribution in [0.25, 0.3) is 0 Å². The Morgan fingerprint density at radius 2 is 1.71 bits per heavy atom. The van der Waals surface area contributed by atoms with Gasteiger partial charge in [-0.3, -0.25) is 4.79 Å². The third-order valence-corrected chi connectivity index (χ3v) is 2.95. The van der Waals surface area contributed by atoms with Crippen LogP contribution in [-0.4, -0.2) is 30.5 Å². The van der Waals surface area contributed by atoms with E-state index < -0.39 is 0 Å². The van der Waals surface area contributed by atoms with Gasteiger partial charge in [-0.25, -0.2) is 0 Å². The molecule has 4 nitrogen and oxygen atoms in total. The molecule has 1 aromatic carbocycles. The monoisotopic (exact) mass is 292 g/mol. The van der Waals surface area contributed by atoms with Gasteiger partial charge in [-0.1, -0.05) is 27.7 Å². The lowest BCUT2D eigenvalue weighted by Crippen LogP contribution is -2.37. The van der Waals surface area contributed by atoms with Crippen LogP contribution in [0.5, 0.6) is 5.75 Å². The van der Waals surface area contributed by atoms with Crippen LogP contribution >= 0.6 is 0 Å². The van der Waals surface area contributed by atoms with Crippen molar-refractivity contribution in [2.24, 2.45) is 11.8 Å². The first-order valence-electron chi connectivity index (χ1n) is 7.66. The maximum absolute atomic E-state index is 12.7. The summed E-state index contributed by atoms with van der Waals surface area (Å²) < 4.78 is 5.47. The number of amides is 1. The second-order valence-corrected chi connectivity index (χ2v) is 6.22. The highest BCUT2D eigenvalue weighted by Crippen LogP contribution is 2.21. The molecule has 1 aromatic rings. The van der Waals surface area contributed by atoms with E-state index in [9.17, 15) is 4.79 Å². The third kappa shape index (κ3) is 5.66. The highest BCUT2D eigenvalue weighted by molar-refractivity contribution is 5.95. The van der Waals surface area contributed by atoms with Gasteiger partial charge in [-0.2, -0.15) is 0 Å². The van der Waals surface area contributed by atoms with Crippen molar-refractivity contribution in [2.45, 2.75) is 34.6 Å². The molecule has 1 rings (SSSR count). The van der Waals surface area contributed by atoms with Gasteiger partial charge < -0.3 is 15.4 Å². The second-order valence-electron chi connectivity index (χ2n) is 6.22. The van der Waals surface area contributed by atoms with Gasteiger partial charge in [0.05, 0.1) is 6.61 Å². The third-order valence-electron chi connectivity index (χ3n) is 2.95. The molecule has 0 heterocycles. The van der Waals surface area contributed by atoms with Crippen molar-refractivity contribution < 1.29 is 9.53 Å². The molecule has 0 aliphatic carbocycles. The number of nitrogens with two attached hydrogens (primary N) is 1. The molecule has 0 saturated carbocycles. The molecule has 0 aliphatic rings. The summed E-state index contributed by atoms with van der Waals surface area (Å²) in [7, 11) is 0. The highest BCUT2D eigenvalue weighted by Gasteiger charge is 2.19. The van der Waals surface area contributed by atoms with Gasteiger partial charge in [0.25, 0.3) is 5.91 Å². The fourth-order valence-corrected chi connectivity index (χ4v) is 2.30. The quantitative estimate of drug-likeness (QED) is 0.783. The Bertz CT molecular complexity index is 460. The van der Waals surface area contributed by atoms with Crippen molar-refractivity contribution in [3.05, 3.63) is 23.8 Å². The van der Waals surface area contributed by atoms with E-state index in [4.69, 9.17) is 10.5 Å². The first-order chi connectivity index (χ1) is 9.83. The summed E-state index contributed by atoms with van der Waals surface area (Å²) in [4.78, 5) is 14.6. The van der Waals surface area contributed by atoms with E-state index in [-0.39, 0.29) is 5.91 Å². The Morgan fingerprint density at radius 3 is 2.19 bits per heavy atom. The van der Waals surface area contributed by atoms with E-state index >= 15 is 0 Å². The minimum atomic E-state index is 0.0191. The van der Waals surface area contributed by atoms with Crippen molar-refractivity contribution in [3.63, 3.8) is 0 Å². The van der Waals surface area contributed by atoms with Crippen LogP contribution in [0.2, 0.25) is 0 Å². The zero-order valence-electron chi connectivity index (χ0n) is 13.8. The molecule has 118 valence electrons. The normalized spacial score (nSPS) is 11.0. The Balaban J connectivity index is 3.01. The summed E-state index contributed by atoms with van der Waals surface area (Å²) in [6.07, 6.45) is 0. The van der Waals surface area contributed by atoms with Gasteiger partial charge >= 0.3 is 0 Å². The predicted octanol–water partition coefficient (Wildman–Crippen LogP) is 3.42. The fourth-order valence-electron chi connectivity index (χ4n) is 2.30. The molecule has 0 saturated heterocycles. The van der Waals surface area contributed by atoms with Gasteiger partial charge in [0.15, 0.2) is 0 Å². The molecule has 2 N–H and O–H groups in total. The molecule has 0 fully saturated rings. The van der Waals surface area contributed by atoms with E-state index in [1.54, 1.807) is 18.2 Å². The molecular weight excluding hydrogens is 264 g/mol. The van der Waals surface area contributed by atoms with Crippen LogP contribution in [0.3, 0.4) is 0 Å². The number of rotatable bonds is 7. The largest absolute Gasteiger partial charge is 0.494 e.